The summed E-state index contributed by atoms with van der Waals surface area (Å²) in [6.45, 7) is 8.18. The number of carbonyl (C=O) groups is 3. The van der Waals surface area contributed by atoms with Gasteiger partial charge in [-0.25, -0.2) is 4.98 Å². The van der Waals surface area contributed by atoms with Crippen LogP contribution in [0.15, 0.2) is 27.9 Å². The third-order valence-corrected chi connectivity index (χ3v) is 7.76. The lowest BCUT2D eigenvalue weighted by molar-refractivity contribution is -0.153. The van der Waals surface area contributed by atoms with Gasteiger partial charge < -0.3 is 20.1 Å². The summed E-state index contributed by atoms with van der Waals surface area (Å²) in [6, 6.07) is 5.60. The number of carbonyl (C=O) groups excluding carboxylic acids is 3. The Morgan fingerprint density at radius 3 is 2.76 bits per heavy atom. The van der Waals surface area contributed by atoms with Crippen LogP contribution in [0.2, 0.25) is 10.0 Å². The van der Waals surface area contributed by atoms with Gasteiger partial charge in [-0.15, -0.1) is 11.3 Å². The molecule has 1 aliphatic heterocycles. The van der Waals surface area contributed by atoms with Crippen molar-refractivity contribution in [1.29, 1.82) is 0 Å². The first-order valence-electron chi connectivity index (χ1n) is 11.6. The van der Waals surface area contributed by atoms with Crippen LogP contribution in [-0.2, 0) is 25.6 Å². The molecule has 9 nitrogen and oxygen atoms in total. The summed E-state index contributed by atoms with van der Waals surface area (Å²) in [5.74, 6) is -0.993. The van der Waals surface area contributed by atoms with Gasteiger partial charge >= 0.3 is 5.97 Å². The van der Waals surface area contributed by atoms with Gasteiger partial charge in [0.15, 0.2) is 4.34 Å². The van der Waals surface area contributed by atoms with Crippen molar-refractivity contribution in [1.82, 2.24) is 20.5 Å². The lowest BCUT2D eigenvalue weighted by Crippen LogP contribution is -2.47. The second-order valence-corrected chi connectivity index (χ2v) is 12.2. The fourth-order valence-electron chi connectivity index (χ4n) is 3.40. The predicted octanol–water partition coefficient (Wildman–Crippen LogP) is 3.63. The van der Waals surface area contributed by atoms with Crippen LogP contribution < -0.4 is 10.6 Å². The molecule has 2 heterocycles. The van der Waals surface area contributed by atoms with Crippen molar-refractivity contribution in [2.75, 3.05) is 38.5 Å². The molecule has 0 spiro atoms. The molecular formula is C24H30Cl2N4O5S2. The highest BCUT2D eigenvalue weighted by atomic mass is 35.5. The highest BCUT2D eigenvalue weighted by Crippen LogP contribution is 2.24. The van der Waals surface area contributed by atoms with Gasteiger partial charge in [-0.3, -0.25) is 19.3 Å². The molecular weight excluding hydrogens is 559 g/mol. The van der Waals surface area contributed by atoms with Crippen molar-refractivity contribution >= 4 is 64.1 Å². The summed E-state index contributed by atoms with van der Waals surface area (Å²) in [7, 11) is 0. The fraction of sp³-hybridized carbons (Fsp3) is 0.500. The zero-order valence-corrected chi connectivity index (χ0v) is 24.0. The Morgan fingerprint density at radius 2 is 2.03 bits per heavy atom. The van der Waals surface area contributed by atoms with E-state index in [-0.39, 0.29) is 30.0 Å². The highest BCUT2D eigenvalue weighted by molar-refractivity contribution is 8.01. The summed E-state index contributed by atoms with van der Waals surface area (Å²) in [5, 5.41) is 8.04. The quantitative estimate of drug-likeness (QED) is 0.320. The van der Waals surface area contributed by atoms with E-state index < -0.39 is 17.5 Å². The van der Waals surface area contributed by atoms with E-state index in [9.17, 15) is 14.4 Å². The lowest BCUT2D eigenvalue weighted by atomic mass is 10.2. The topological polar surface area (TPSA) is 110 Å². The predicted molar refractivity (Wildman–Crippen MR) is 146 cm³/mol. The maximum absolute atomic E-state index is 12.4. The van der Waals surface area contributed by atoms with E-state index in [0.717, 1.165) is 18.7 Å². The SMILES string of the molecule is CC(C)(C)OC(=O)CNC(=O)c1csc(SCC(=O)NC[C@H]2CN(Cc3ccc(Cl)c(Cl)c3)CCO2)n1. The lowest BCUT2D eigenvalue weighted by Gasteiger charge is -2.33. The largest absolute Gasteiger partial charge is 0.459 e. The first-order valence-corrected chi connectivity index (χ1v) is 14.2. The molecule has 1 saturated heterocycles. The number of morpholine rings is 1. The monoisotopic (exact) mass is 588 g/mol. The highest BCUT2D eigenvalue weighted by Gasteiger charge is 2.22. The van der Waals surface area contributed by atoms with E-state index in [1.807, 2.05) is 12.1 Å². The molecule has 1 aromatic carbocycles. The number of benzene rings is 1. The molecule has 0 aliphatic carbocycles. The molecule has 0 radical (unpaired) electrons. The third-order valence-electron chi connectivity index (χ3n) is 5.00. The second-order valence-electron chi connectivity index (χ2n) is 9.34. The number of hydrogen-bond acceptors (Lipinski definition) is 9. The van der Waals surface area contributed by atoms with Gasteiger partial charge in [-0.05, 0) is 38.5 Å². The van der Waals surface area contributed by atoms with Crippen LogP contribution in [0.3, 0.4) is 0 Å². The molecule has 37 heavy (non-hydrogen) atoms. The summed E-state index contributed by atoms with van der Waals surface area (Å²) in [6.07, 6.45) is -0.120. The summed E-state index contributed by atoms with van der Waals surface area (Å²) < 4.78 is 11.5. The van der Waals surface area contributed by atoms with E-state index in [1.165, 1.54) is 23.1 Å². The molecule has 3 rings (SSSR count). The number of esters is 1. The van der Waals surface area contributed by atoms with E-state index >= 15 is 0 Å². The molecule has 1 aliphatic rings. The molecule has 2 N–H and O–H groups in total. The Morgan fingerprint density at radius 1 is 1.24 bits per heavy atom. The van der Waals surface area contributed by atoms with Crippen LogP contribution in [0.1, 0.15) is 36.8 Å². The molecule has 1 aromatic heterocycles. The van der Waals surface area contributed by atoms with Gasteiger partial charge in [0.1, 0.15) is 17.8 Å². The number of ether oxygens (including phenoxy) is 2. The van der Waals surface area contributed by atoms with Crippen molar-refractivity contribution in [2.45, 2.75) is 43.4 Å². The number of nitrogens with one attached hydrogen (secondary N) is 2. The first-order chi connectivity index (χ1) is 17.5. The zero-order chi connectivity index (χ0) is 27.0. The number of thiazole rings is 1. The maximum Gasteiger partial charge on any atom is 0.325 e. The van der Waals surface area contributed by atoms with Gasteiger partial charge in [-0.1, -0.05) is 41.0 Å². The number of rotatable bonds is 10. The van der Waals surface area contributed by atoms with Crippen LogP contribution in [-0.4, -0.2) is 77.9 Å². The Labute approximate surface area is 234 Å². The van der Waals surface area contributed by atoms with Crippen LogP contribution >= 0.6 is 46.3 Å². The zero-order valence-electron chi connectivity index (χ0n) is 20.8. The Hall–Kier alpha value is -1.89. The molecule has 0 saturated carbocycles. The molecule has 1 fully saturated rings. The normalized spacial score (nSPS) is 16.3. The first kappa shape index (κ1) is 29.7. The number of aromatic nitrogens is 1. The van der Waals surface area contributed by atoms with Crippen LogP contribution in [0, 0.1) is 0 Å². The minimum absolute atomic E-state index is 0.120. The van der Waals surface area contributed by atoms with Gasteiger partial charge in [0.2, 0.25) is 5.91 Å². The van der Waals surface area contributed by atoms with Gasteiger partial charge in [-0.2, -0.15) is 0 Å². The minimum Gasteiger partial charge on any atom is -0.459 e. The maximum atomic E-state index is 12.4. The van der Waals surface area contributed by atoms with Gasteiger partial charge in [0, 0.05) is 31.6 Å². The number of thioether (sulfide) groups is 1. The minimum atomic E-state index is -0.623. The van der Waals surface area contributed by atoms with Crippen LogP contribution in [0.25, 0.3) is 0 Å². The molecule has 1 atom stereocenters. The Bertz CT molecular complexity index is 1110. The average molecular weight is 590 g/mol. The number of halogens is 2. The molecule has 2 aromatic rings. The number of amides is 2. The van der Waals surface area contributed by atoms with Crippen molar-refractivity contribution < 1.29 is 23.9 Å². The van der Waals surface area contributed by atoms with Crippen molar-refractivity contribution in [3.05, 3.63) is 44.9 Å². The van der Waals surface area contributed by atoms with Crippen molar-refractivity contribution in [2.24, 2.45) is 0 Å². The van der Waals surface area contributed by atoms with E-state index in [1.54, 1.807) is 32.2 Å². The molecule has 2 amide bonds. The standard InChI is InChI=1S/C24H30Cl2N4O5S2/c1-24(2,3)35-21(32)10-28-22(33)19-13-36-23(29-19)37-14-20(31)27-9-16-12-30(6-7-34-16)11-15-4-5-17(25)18(26)8-15/h4-5,8,13,16H,6-7,9-12,14H2,1-3H3,(H,27,31)(H,28,33)/t16-/m0/s1. The van der Waals surface area contributed by atoms with Gasteiger partial charge in [0.25, 0.3) is 5.91 Å². The molecule has 202 valence electrons. The van der Waals surface area contributed by atoms with E-state index in [0.29, 0.717) is 34.1 Å². The third kappa shape index (κ3) is 10.4. The summed E-state index contributed by atoms with van der Waals surface area (Å²) in [4.78, 5) is 42.8. The van der Waals surface area contributed by atoms with Gasteiger partial charge in [0.05, 0.1) is 28.5 Å². The van der Waals surface area contributed by atoms with E-state index in [4.69, 9.17) is 32.7 Å². The van der Waals surface area contributed by atoms with Crippen molar-refractivity contribution in [3.63, 3.8) is 0 Å². The smallest absolute Gasteiger partial charge is 0.325 e. The van der Waals surface area contributed by atoms with Crippen molar-refractivity contribution in [3.8, 4) is 0 Å². The second kappa shape index (κ2) is 13.8. The summed E-state index contributed by atoms with van der Waals surface area (Å²) >= 11 is 14.6. The summed E-state index contributed by atoms with van der Waals surface area (Å²) in [5.41, 5.74) is 0.632. The van der Waals surface area contributed by atoms with Crippen LogP contribution in [0.4, 0.5) is 0 Å². The Kier molecular flexibility index (Phi) is 11.0. The molecule has 13 heteroatoms. The Balaban J connectivity index is 1.36. The number of hydrogen-bond donors (Lipinski definition) is 2. The number of nitrogens with zero attached hydrogens (tertiary/aromatic N) is 2. The fourth-order valence-corrected chi connectivity index (χ4v) is 5.35. The van der Waals surface area contributed by atoms with Crippen LogP contribution in [0.5, 0.6) is 0 Å². The average Bonchev–Trinajstić information content (AvgIpc) is 3.31. The molecule has 0 bridgehead atoms. The van der Waals surface area contributed by atoms with E-state index in [2.05, 4.69) is 20.5 Å². The molecule has 0 unspecified atom stereocenters.